The maximum absolute atomic E-state index is 12.4. The average Bonchev–Trinajstić information content (AvgIpc) is 3.36. The lowest BCUT2D eigenvalue weighted by Crippen LogP contribution is -2.15. The minimum absolute atomic E-state index is 0.182. The molecule has 0 atom stereocenters. The molecular formula is C22H29N3O3. The van der Waals surface area contributed by atoms with E-state index in [-0.39, 0.29) is 5.91 Å². The summed E-state index contributed by atoms with van der Waals surface area (Å²) in [6.45, 7) is 4.82. The zero-order valence-corrected chi connectivity index (χ0v) is 16.9. The van der Waals surface area contributed by atoms with E-state index in [1.807, 2.05) is 28.9 Å². The van der Waals surface area contributed by atoms with Crippen LogP contribution in [0.1, 0.15) is 51.1 Å². The Morgan fingerprint density at radius 1 is 1.29 bits per heavy atom. The van der Waals surface area contributed by atoms with E-state index in [0.29, 0.717) is 30.1 Å². The van der Waals surface area contributed by atoms with Crippen LogP contribution in [0.2, 0.25) is 0 Å². The van der Waals surface area contributed by atoms with Crippen molar-refractivity contribution in [2.24, 2.45) is 5.92 Å². The Morgan fingerprint density at radius 3 is 2.79 bits per heavy atom. The first-order chi connectivity index (χ1) is 13.6. The number of aromatic nitrogens is 2. The van der Waals surface area contributed by atoms with Crippen LogP contribution in [0.25, 0.3) is 6.08 Å². The summed E-state index contributed by atoms with van der Waals surface area (Å²) < 4.78 is 13.1. The minimum atomic E-state index is -0.182. The average molecular weight is 383 g/mol. The molecule has 1 aromatic heterocycles. The Hall–Kier alpha value is -2.76. The third-order valence-corrected chi connectivity index (χ3v) is 4.78. The maximum Gasteiger partial charge on any atom is 0.249 e. The van der Waals surface area contributed by atoms with Gasteiger partial charge in [0.15, 0.2) is 11.5 Å². The highest BCUT2D eigenvalue weighted by molar-refractivity contribution is 6.01. The van der Waals surface area contributed by atoms with Gasteiger partial charge < -0.3 is 14.8 Å². The van der Waals surface area contributed by atoms with Crippen LogP contribution in [-0.2, 0) is 4.79 Å². The van der Waals surface area contributed by atoms with E-state index >= 15 is 0 Å². The van der Waals surface area contributed by atoms with Crippen molar-refractivity contribution < 1.29 is 14.3 Å². The molecule has 6 heteroatoms. The van der Waals surface area contributed by atoms with Gasteiger partial charge in [0.2, 0.25) is 5.91 Å². The molecule has 2 aromatic rings. The van der Waals surface area contributed by atoms with E-state index in [1.165, 1.54) is 18.9 Å². The fourth-order valence-electron chi connectivity index (χ4n) is 3.36. The highest BCUT2D eigenvalue weighted by atomic mass is 16.5. The van der Waals surface area contributed by atoms with Gasteiger partial charge in [-0.2, -0.15) is 5.10 Å². The highest BCUT2D eigenvalue weighted by Gasteiger charge is 2.20. The van der Waals surface area contributed by atoms with Crippen LogP contribution in [-0.4, -0.2) is 29.4 Å². The van der Waals surface area contributed by atoms with Gasteiger partial charge >= 0.3 is 0 Å². The number of amides is 1. The molecule has 1 aliphatic carbocycles. The summed E-state index contributed by atoms with van der Waals surface area (Å²) in [5.74, 6) is 2.36. The fourth-order valence-corrected chi connectivity index (χ4v) is 3.36. The third kappa shape index (κ3) is 5.15. The zero-order chi connectivity index (χ0) is 19.9. The van der Waals surface area contributed by atoms with Gasteiger partial charge in [-0.3, -0.25) is 4.79 Å². The van der Waals surface area contributed by atoms with Gasteiger partial charge in [-0.05, 0) is 42.5 Å². The molecule has 0 saturated heterocycles. The number of methoxy groups -OCH3 is 1. The molecule has 1 heterocycles. The highest BCUT2D eigenvalue weighted by Crippen LogP contribution is 2.31. The second-order valence-electron chi connectivity index (χ2n) is 7.54. The Bertz CT molecular complexity index is 820. The van der Waals surface area contributed by atoms with Gasteiger partial charge in [0, 0.05) is 12.1 Å². The van der Waals surface area contributed by atoms with Crippen LogP contribution < -0.4 is 14.8 Å². The lowest BCUT2D eigenvalue weighted by Gasteiger charge is -2.14. The van der Waals surface area contributed by atoms with Gasteiger partial charge in [0.1, 0.15) is 5.82 Å². The van der Waals surface area contributed by atoms with E-state index < -0.39 is 0 Å². The molecule has 1 fully saturated rings. The molecule has 1 N–H and O–H groups in total. The Balaban J connectivity index is 1.63. The summed E-state index contributed by atoms with van der Waals surface area (Å²) in [6, 6.07) is 7.87. The van der Waals surface area contributed by atoms with Crippen LogP contribution in [0, 0.1) is 5.92 Å². The van der Waals surface area contributed by atoms with Gasteiger partial charge in [-0.15, -0.1) is 0 Å². The van der Waals surface area contributed by atoms with Crippen LogP contribution in [0.4, 0.5) is 5.82 Å². The first kappa shape index (κ1) is 20.0. The molecule has 1 aliphatic rings. The van der Waals surface area contributed by atoms with E-state index in [4.69, 9.17) is 9.47 Å². The van der Waals surface area contributed by atoms with Crippen LogP contribution in [0.5, 0.6) is 11.5 Å². The number of ether oxygens (including phenoxy) is 2. The topological polar surface area (TPSA) is 65.4 Å². The molecule has 28 heavy (non-hydrogen) atoms. The van der Waals surface area contributed by atoms with Gasteiger partial charge in [-0.25, -0.2) is 4.68 Å². The van der Waals surface area contributed by atoms with E-state index in [9.17, 15) is 4.79 Å². The Kier molecular flexibility index (Phi) is 6.74. The first-order valence-corrected chi connectivity index (χ1v) is 9.90. The fraction of sp³-hybridized carbons (Fsp3) is 0.455. The number of benzene rings is 1. The molecule has 1 aromatic carbocycles. The van der Waals surface area contributed by atoms with E-state index in [1.54, 1.807) is 19.4 Å². The lowest BCUT2D eigenvalue weighted by molar-refractivity contribution is -0.111. The van der Waals surface area contributed by atoms with Crippen LogP contribution in [0.3, 0.4) is 0 Å². The second kappa shape index (κ2) is 9.44. The third-order valence-electron chi connectivity index (χ3n) is 4.78. The normalized spacial score (nSPS) is 14.7. The van der Waals surface area contributed by atoms with Crippen molar-refractivity contribution in [3.8, 4) is 11.5 Å². The molecule has 1 amide bonds. The number of anilines is 1. The summed E-state index contributed by atoms with van der Waals surface area (Å²) in [6.07, 6.45) is 9.69. The van der Waals surface area contributed by atoms with E-state index in [2.05, 4.69) is 24.3 Å². The Labute approximate surface area is 166 Å². The van der Waals surface area contributed by atoms with Crippen molar-refractivity contribution in [1.82, 2.24) is 9.78 Å². The molecule has 0 radical (unpaired) electrons. The summed E-state index contributed by atoms with van der Waals surface area (Å²) in [7, 11) is 1.61. The van der Waals surface area contributed by atoms with Gasteiger partial charge in [0.25, 0.3) is 0 Å². The Morgan fingerprint density at radius 2 is 2.07 bits per heavy atom. The van der Waals surface area contributed by atoms with Gasteiger partial charge in [0.05, 0.1) is 26.0 Å². The molecular weight excluding hydrogens is 354 g/mol. The van der Waals surface area contributed by atoms with Crippen molar-refractivity contribution in [3.05, 3.63) is 42.1 Å². The smallest absolute Gasteiger partial charge is 0.249 e. The van der Waals surface area contributed by atoms with E-state index in [0.717, 1.165) is 24.2 Å². The predicted octanol–water partition coefficient (Wildman–Crippen LogP) is 4.69. The predicted molar refractivity (Wildman–Crippen MR) is 111 cm³/mol. The quantitative estimate of drug-likeness (QED) is 0.672. The number of carbonyl (C=O) groups excluding carboxylic acids is 1. The standard InChI is InChI=1S/C22H29N3O3/c1-16(2)15-28-19-10-8-17(14-20(19)27-3)9-11-22(26)24-21-12-13-23-25(21)18-6-4-5-7-18/h8-14,16,18H,4-7,15H2,1-3H3,(H,24,26)/b11-9+. The molecule has 1 saturated carbocycles. The minimum Gasteiger partial charge on any atom is -0.493 e. The number of carbonyl (C=O) groups is 1. The number of nitrogens with one attached hydrogen (secondary N) is 1. The molecule has 6 nitrogen and oxygen atoms in total. The molecule has 0 spiro atoms. The number of hydrogen-bond donors (Lipinski definition) is 1. The molecule has 150 valence electrons. The summed E-state index contributed by atoms with van der Waals surface area (Å²) >= 11 is 0. The number of hydrogen-bond acceptors (Lipinski definition) is 4. The van der Waals surface area contributed by atoms with Crippen molar-refractivity contribution in [2.75, 3.05) is 19.0 Å². The maximum atomic E-state index is 12.4. The lowest BCUT2D eigenvalue weighted by atomic mass is 10.2. The SMILES string of the molecule is COc1cc(/C=C/C(=O)Nc2ccnn2C2CCCC2)ccc1OCC(C)C. The summed E-state index contributed by atoms with van der Waals surface area (Å²) in [4.78, 5) is 12.4. The molecule has 3 rings (SSSR count). The molecule has 0 unspecified atom stereocenters. The molecule has 0 bridgehead atoms. The summed E-state index contributed by atoms with van der Waals surface area (Å²) in [5, 5.41) is 7.31. The zero-order valence-electron chi connectivity index (χ0n) is 16.9. The molecule has 0 aliphatic heterocycles. The number of rotatable bonds is 8. The van der Waals surface area contributed by atoms with Crippen LogP contribution in [0.15, 0.2) is 36.5 Å². The van der Waals surface area contributed by atoms with Crippen LogP contribution >= 0.6 is 0 Å². The summed E-state index contributed by atoms with van der Waals surface area (Å²) in [5.41, 5.74) is 0.869. The van der Waals surface area contributed by atoms with Gasteiger partial charge in [-0.1, -0.05) is 32.8 Å². The first-order valence-electron chi connectivity index (χ1n) is 9.90. The monoisotopic (exact) mass is 383 g/mol. The van der Waals surface area contributed by atoms with Crippen molar-refractivity contribution in [2.45, 2.75) is 45.6 Å². The van der Waals surface area contributed by atoms with Crippen molar-refractivity contribution in [1.29, 1.82) is 0 Å². The second-order valence-corrected chi connectivity index (χ2v) is 7.54. The largest absolute Gasteiger partial charge is 0.493 e. The van der Waals surface area contributed by atoms with Crippen molar-refractivity contribution in [3.63, 3.8) is 0 Å². The number of nitrogens with zero attached hydrogens (tertiary/aromatic N) is 2. The van der Waals surface area contributed by atoms with Crippen molar-refractivity contribution >= 4 is 17.8 Å².